The molecule has 2 aromatic carbocycles. The number of hydrogen-bond acceptors (Lipinski definition) is 3. The van der Waals surface area contributed by atoms with Gasteiger partial charge in [-0.1, -0.05) is 61.2 Å². The van der Waals surface area contributed by atoms with Crippen molar-refractivity contribution in [2.45, 2.75) is 53.2 Å². The van der Waals surface area contributed by atoms with Crippen molar-refractivity contribution in [3.8, 4) is 11.5 Å². The van der Waals surface area contributed by atoms with Gasteiger partial charge in [-0.15, -0.1) is 12.4 Å². The lowest BCUT2D eigenvalue weighted by atomic mass is 10.1. The van der Waals surface area contributed by atoms with Crippen LogP contribution in [0.15, 0.2) is 36.4 Å². The smallest absolute Gasteiger partial charge is 0.180 e. The molecule has 2 rings (SSSR count). The lowest BCUT2D eigenvalue weighted by molar-refractivity contribution is 0.269. The van der Waals surface area contributed by atoms with Crippen LogP contribution in [0.4, 0.5) is 0 Å². The first-order valence-corrected chi connectivity index (χ1v) is 9.86. The van der Waals surface area contributed by atoms with Gasteiger partial charge in [0.2, 0.25) is 0 Å². The zero-order valence-electron chi connectivity index (χ0n) is 16.5. The number of nitrogens with one attached hydrogen (secondary N) is 1. The van der Waals surface area contributed by atoms with Crippen LogP contribution in [0.2, 0.25) is 5.02 Å². The Kier molecular flexibility index (Phi) is 11.3. The van der Waals surface area contributed by atoms with E-state index in [0.717, 1.165) is 24.2 Å². The van der Waals surface area contributed by atoms with Crippen molar-refractivity contribution in [2.24, 2.45) is 0 Å². The van der Waals surface area contributed by atoms with Crippen molar-refractivity contribution in [1.82, 2.24) is 5.32 Å². The van der Waals surface area contributed by atoms with E-state index in [0.29, 0.717) is 29.7 Å². The first-order chi connectivity index (χ1) is 12.6. The van der Waals surface area contributed by atoms with Gasteiger partial charge in [0.05, 0.1) is 11.6 Å². The van der Waals surface area contributed by atoms with E-state index in [4.69, 9.17) is 21.1 Å². The summed E-state index contributed by atoms with van der Waals surface area (Å²) in [5.74, 6) is 1.32. The van der Waals surface area contributed by atoms with Crippen LogP contribution < -0.4 is 14.8 Å². The highest BCUT2D eigenvalue weighted by atomic mass is 35.5. The highest BCUT2D eigenvalue weighted by Gasteiger charge is 2.13. The van der Waals surface area contributed by atoms with E-state index in [1.165, 1.54) is 24.8 Å². The molecule has 0 unspecified atom stereocenters. The van der Waals surface area contributed by atoms with Gasteiger partial charge in [-0.2, -0.15) is 0 Å². The Morgan fingerprint density at radius 2 is 1.70 bits per heavy atom. The molecule has 0 heterocycles. The van der Waals surface area contributed by atoms with Crippen molar-refractivity contribution in [2.75, 3.05) is 13.2 Å². The summed E-state index contributed by atoms with van der Waals surface area (Å²) in [5, 5.41) is 4.05. The molecule has 0 aliphatic heterocycles. The summed E-state index contributed by atoms with van der Waals surface area (Å²) in [6, 6.07) is 12.3. The average molecular weight is 412 g/mol. The zero-order chi connectivity index (χ0) is 18.8. The first-order valence-electron chi connectivity index (χ1n) is 9.48. The van der Waals surface area contributed by atoms with Crippen LogP contribution in [0.1, 0.15) is 49.8 Å². The van der Waals surface area contributed by atoms with Crippen molar-refractivity contribution in [3.05, 3.63) is 58.1 Å². The molecule has 0 amide bonds. The Morgan fingerprint density at radius 1 is 0.963 bits per heavy atom. The van der Waals surface area contributed by atoms with Crippen LogP contribution in [0.3, 0.4) is 0 Å². The number of benzene rings is 2. The third-order valence-electron chi connectivity index (χ3n) is 4.16. The van der Waals surface area contributed by atoms with E-state index in [2.05, 4.69) is 43.4 Å². The zero-order valence-corrected chi connectivity index (χ0v) is 18.1. The fourth-order valence-electron chi connectivity index (χ4n) is 2.70. The lowest BCUT2D eigenvalue weighted by Gasteiger charge is -2.16. The Bertz CT molecular complexity index is 675. The predicted octanol–water partition coefficient (Wildman–Crippen LogP) is 6.33. The summed E-state index contributed by atoms with van der Waals surface area (Å²) in [7, 11) is 0. The van der Waals surface area contributed by atoms with Gasteiger partial charge < -0.3 is 14.8 Å². The molecular weight excluding hydrogens is 381 g/mol. The predicted molar refractivity (Wildman–Crippen MR) is 117 cm³/mol. The minimum absolute atomic E-state index is 0. The van der Waals surface area contributed by atoms with Crippen LogP contribution in [0, 0.1) is 6.92 Å². The highest BCUT2D eigenvalue weighted by Crippen LogP contribution is 2.37. The Hall–Kier alpha value is -1.42. The van der Waals surface area contributed by atoms with Crippen LogP contribution in [0.25, 0.3) is 0 Å². The van der Waals surface area contributed by atoms with Crippen molar-refractivity contribution in [1.29, 1.82) is 0 Å². The molecule has 5 heteroatoms. The summed E-state index contributed by atoms with van der Waals surface area (Å²) in [6.45, 7) is 9.09. The molecular formula is C22H31Cl2NO2. The summed E-state index contributed by atoms with van der Waals surface area (Å²) in [6.07, 6.45) is 3.68. The molecule has 0 aliphatic carbocycles. The second-order valence-corrected chi connectivity index (χ2v) is 6.90. The topological polar surface area (TPSA) is 30.5 Å². The Balaban J connectivity index is 0.00000364. The fourth-order valence-corrected chi connectivity index (χ4v) is 2.99. The van der Waals surface area contributed by atoms with Crippen LogP contribution >= 0.6 is 24.0 Å². The molecule has 0 spiro atoms. The van der Waals surface area contributed by atoms with Crippen LogP contribution in [-0.4, -0.2) is 13.2 Å². The molecule has 0 aliphatic rings. The standard InChI is InChI=1S/C22H30ClNO2.ClH/c1-4-6-7-12-24-15-19-13-20(23)22(21(14-19)25-5-2)26-16-18-10-8-17(3)9-11-18;/h8-11,13-14,24H,4-7,12,15-16H2,1-3H3;1H. The van der Waals surface area contributed by atoms with Gasteiger partial charge in [0.25, 0.3) is 0 Å². The van der Waals surface area contributed by atoms with E-state index < -0.39 is 0 Å². The maximum atomic E-state index is 6.49. The minimum Gasteiger partial charge on any atom is -0.490 e. The molecule has 0 saturated heterocycles. The third-order valence-corrected chi connectivity index (χ3v) is 4.44. The minimum atomic E-state index is 0. The van der Waals surface area contributed by atoms with E-state index in [1.807, 2.05) is 19.1 Å². The fraction of sp³-hybridized carbons (Fsp3) is 0.455. The number of aryl methyl sites for hydroxylation is 1. The molecule has 0 fully saturated rings. The third kappa shape index (κ3) is 8.00. The summed E-state index contributed by atoms with van der Waals surface area (Å²) in [4.78, 5) is 0. The average Bonchev–Trinajstić information content (AvgIpc) is 2.62. The summed E-state index contributed by atoms with van der Waals surface area (Å²) < 4.78 is 11.8. The summed E-state index contributed by atoms with van der Waals surface area (Å²) >= 11 is 6.49. The van der Waals surface area contributed by atoms with Gasteiger partial charge in [0.1, 0.15) is 6.61 Å². The monoisotopic (exact) mass is 411 g/mol. The summed E-state index contributed by atoms with van der Waals surface area (Å²) in [5.41, 5.74) is 3.45. The van der Waals surface area contributed by atoms with Gasteiger partial charge >= 0.3 is 0 Å². The maximum Gasteiger partial charge on any atom is 0.180 e. The maximum absolute atomic E-state index is 6.49. The quantitative estimate of drug-likeness (QED) is 0.438. The van der Waals surface area contributed by atoms with Crippen molar-refractivity contribution in [3.63, 3.8) is 0 Å². The molecule has 3 nitrogen and oxygen atoms in total. The Labute approximate surface area is 174 Å². The number of ether oxygens (including phenoxy) is 2. The number of halogens is 2. The van der Waals surface area contributed by atoms with E-state index in [9.17, 15) is 0 Å². The molecule has 150 valence electrons. The molecule has 1 N–H and O–H groups in total. The Morgan fingerprint density at radius 3 is 2.37 bits per heavy atom. The molecule has 0 aromatic heterocycles. The van der Waals surface area contributed by atoms with E-state index in [1.54, 1.807) is 0 Å². The largest absolute Gasteiger partial charge is 0.490 e. The molecule has 2 aromatic rings. The van der Waals surface area contributed by atoms with Gasteiger partial charge in [0, 0.05) is 6.54 Å². The highest BCUT2D eigenvalue weighted by molar-refractivity contribution is 6.32. The molecule has 0 saturated carbocycles. The lowest BCUT2D eigenvalue weighted by Crippen LogP contribution is -2.14. The number of hydrogen-bond donors (Lipinski definition) is 1. The molecule has 0 radical (unpaired) electrons. The molecule has 27 heavy (non-hydrogen) atoms. The van der Waals surface area contributed by atoms with Gasteiger partial charge in [-0.3, -0.25) is 0 Å². The second kappa shape index (κ2) is 12.9. The van der Waals surface area contributed by atoms with Gasteiger partial charge in [-0.05, 0) is 50.1 Å². The van der Waals surface area contributed by atoms with Gasteiger partial charge in [-0.25, -0.2) is 0 Å². The van der Waals surface area contributed by atoms with E-state index >= 15 is 0 Å². The second-order valence-electron chi connectivity index (χ2n) is 6.50. The first kappa shape index (κ1) is 23.6. The van der Waals surface area contributed by atoms with E-state index in [-0.39, 0.29) is 12.4 Å². The van der Waals surface area contributed by atoms with Crippen molar-refractivity contribution < 1.29 is 9.47 Å². The normalized spacial score (nSPS) is 10.4. The number of unbranched alkanes of at least 4 members (excludes halogenated alkanes) is 2. The molecule has 0 atom stereocenters. The SMILES string of the molecule is CCCCCNCc1cc(Cl)c(OCc2ccc(C)cc2)c(OCC)c1.Cl. The van der Waals surface area contributed by atoms with Gasteiger partial charge in [0.15, 0.2) is 11.5 Å². The van der Waals surface area contributed by atoms with Crippen LogP contribution in [-0.2, 0) is 13.2 Å². The molecule has 0 bridgehead atoms. The number of rotatable bonds is 11. The van der Waals surface area contributed by atoms with Crippen LogP contribution in [0.5, 0.6) is 11.5 Å². The van der Waals surface area contributed by atoms with Crippen molar-refractivity contribution >= 4 is 24.0 Å².